The van der Waals surface area contributed by atoms with E-state index in [-0.39, 0.29) is 23.8 Å². The van der Waals surface area contributed by atoms with E-state index in [1.807, 2.05) is 9.47 Å². The van der Waals surface area contributed by atoms with Crippen molar-refractivity contribution in [3.63, 3.8) is 0 Å². The highest BCUT2D eigenvalue weighted by molar-refractivity contribution is 14.2. The lowest BCUT2D eigenvalue weighted by Gasteiger charge is -2.28. The second-order valence-electron chi connectivity index (χ2n) is 11.9. The van der Waals surface area contributed by atoms with Gasteiger partial charge in [0.05, 0.1) is 15.8 Å². The minimum absolute atomic E-state index is 0.00468. The molecule has 1 aromatic heterocycles. The number of hydrogen-bond acceptors (Lipinski definition) is 7. The molecule has 1 amide bonds. The maximum Gasteiger partial charge on any atom is 0.277 e. The van der Waals surface area contributed by atoms with E-state index in [1.54, 1.807) is 12.1 Å². The number of likely N-dealkylation sites (N-methyl/N-ethyl adjacent to an activating group) is 1. The molecule has 1 aliphatic carbocycles. The SMILES string of the molecule is CCN(CC)CCN(Cc1ccc(-c2ccc(CCOSI)cc2)cc1)C(=O)Cn1c(SCc2ccc(F)cc2)nc(=O)c2c1CCC2. The quantitative estimate of drug-likeness (QED) is 0.0356. The van der Waals surface area contributed by atoms with E-state index in [1.165, 1.54) is 38.7 Å². The van der Waals surface area contributed by atoms with E-state index in [0.29, 0.717) is 37.0 Å². The van der Waals surface area contributed by atoms with Gasteiger partial charge in [-0.15, -0.1) is 0 Å². The molecule has 0 spiro atoms. The minimum Gasteiger partial charge on any atom is -0.336 e. The Bertz CT molecular complexity index is 1700. The summed E-state index contributed by atoms with van der Waals surface area (Å²) in [6.45, 7) is 8.76. The molecule has 0 N–H and O–H groups in total. The molecule has 0 unspecified atom stereocenters. The van der Waals surface area contributed by atoms with Crippen LogP contribution in [0.4, 0.5) is 4.39 Å². The summed E-state index contributed by atoms with van der Waals surface area (Å²) in [4.78, 5) is 35.8. The van der Waals surface area contributed by atoms with Crippen LogP contribution in [0.2, 0.25) is 0 Å². The van der Waals surface area contributed by atoms with Crippen LogP contribution in [0.5, 0.6) is 0 Å². The summed E-state index contributed by atoms with van der Waals surface area (Å²) in [7, 11) is 1.36. The Morgan fingerprint density at radius 1 is 0.917 bits per heavy atom. The first-order valence-electron chi connectivity index (χ1n) is 16.5. The van der Waals surface area contributed by atoms with Crippen molar-refractivity contribution in [2.24, 2.45) is 0 Å². The zero-order chi connectivity index (χ0) is 33.9. The molecule has 48 heavy (non-hydrogen) atoms. The number of amides is 1. The molecule has 4 aromatic rings. The van der Waals surface area contributed by atoms with Gasteiger partial charge >= 0.3 is 0 Å². The molecule has 0 aliphatic heterocycles. The molecule has 0 saturated heterocycles. The van der Waals surface area contributed by atoms with Gasteiger partial charge in [0.25, 0.3) is 5.56 Å². The molecule has 7 nitrogen and oxygen atoms in total. The normalized spacial score (nSPS) is 12.4. The van der Waals surface area contributed by atoms with Crippen LogP contribution in [0.1, 0.15) is 48.2 Å². The maximum absolute atomic E-state index is 14.2. The number of fused-ring (bicyclic) bond motifs is 1. The van der Waals surface area contributed by atoms with Crippen LogP contribution >= 0.6 is 42.2 Å². The first-order valence-corrected chi connectivity index (χ1v) is 20.7. The highest BCUT2D eigenvalue weighted by Crippen LogP contribution is 2.27. The van der Waals surface area contributed by atoms with E-state index >= 15 is 0 Å². The third-order valence-corrected chi connectivity index (χ3v) is 10.9. The zero-order valence-corrected chi connectivity index (χ0v) is 31.3. The van der Waals surface area contributed by atoms with Crippen LogP contribution in [-0.4, -0.2) is 58.0 Å². The monoisotopic (exact) mass is 800 g/mol. The van der Waals surface area contributed by atoms with Gasteiger partial charge in [-0.05, 0) is 78.7 Å². The van der Waals surface area contributed by atoms with Crippen LogP contribution in [0.3, 0.4) is 0 Å². The van der Waals surface area contributed by atoms with Gasteiger partial charge in [0, 0.05) is 57.9 Å². The number of thioether (sulfide) groups is 1. The zero-order valence-electron chi connectivity index (χ0n) is 27.5. The summed E-state index contributed by atoms with van der Waals surface area (Å²) in [5.74, 6) is 0.227. The van der Waals surface area contributed by atoms with Gasteiger partial charge < -0.3 is 18.6 Å². The third-order valence-electron chi connectivity index (χ3n) is 8.84. The molecular formula is C37H42FIN4O3S2. The number of benzene rings is 3. The minimum atomic E-state index is -0.289. The average Bonchev–Trinajstić information content (AvgIpc) is 3.61. The molecule has 3 aromatic carbocycles. The van der Waals surface area contributed by atoms with Crippen molar-refractivity contribution in [1.29, 1.82) is 0 Å². The summed E-state index contributed by atoms with van der Waals surface area (Å²) in [5, 5.41) is 0.536. The Balaban J connectivity index is 1.34. The lowest BCUT2D eigenvalue weighted by molar-refractivity contribution is -0.132. The predicted molar refractivity (Wildman–Crippen MR) is 203 cm³/mol. The van der Waals surface area contributed by atoms with Crippen molar-refractivity contribution >= 4 is 48.1 Å². The summed E-state index contributed by atoms with van der Waals surface area (Å²) in [6, 6.07) is 23.4. The molecule has 254 valence electrons. The van der Waals surface area contributed by atoms with Crippen LogP contribution in [0.15, 0.2) is 82.7 Å². The van der Waals surface area contributed by atoms with Crippen LogP contribution < -0.4 is 5.56 Å². The maximum atomic E-state index is 14.2. The van der Waals surface area contributed by atoms with Gasteiger partial charge in [0.15, 0.2) is 5.16 Å². The van der Waals surface area contributed by atoms with Crippen molar-refractivity contribution in [2.75, 3.05) is 32.8 Å². The van der Waals surface area contributed by atoms with Gasteiger partial charge in [-0.3, -0.25) is 9.59 Å². The average molecular weight is 801 g/mol. The Hall–Kier alpha value is -2.71. The molecule has 0 radical (unpaired) electrons. The van der Waals surface area contributed by atoms with Gasteiger partial charge in [0.1, 0.15) is 12.4 Å². The largest absolute Gasteiger partial charge is 0.336 e. The van der Waals surface area contributed by atoms with E-state index in [9.17, 15) is 14.0 Å². The van der Waals surface area contributed by atoms with Gasteiger partial charge in [-0.2, -0.15) is 4.98 Å². The summed E-state index contributed by atoms with van der Waals surface area (Å²) in [5.41, 5.74) is 6.94. The van der Waals surface area contributed by atoms with Gasteiger partial charge in [0.2, 0.25) is 5.91 Å². The topological polar surface area (TPSA) is 67.7 Å². The number of nitrogens with zero attached hydrogens (tertiary/aromatic N) is 4. The van der Waals surface area contributed by atoms with Gasteiger partial charge in [-0.1, -0.05) is 86.3 Å². The van der Waals surface area contributed by atoms with E-state index < -0.39 is 0 Å². The molecule has 5 rings (SSSR count). The molecule has 0 saturated carbocycles. The number of aromatic nitrogens is 2. The van der Waals surface area contributed by atoms with E-state index in [0.717, 1.165) is 72.4 Å². The Morgan fingerprint density at radius 3 is 2.21 bits per heavy atom. The number of hydrogen-bond donors (Lipinski definition) is 0. The van der Waals surface area contributed by atoms with Crippen molar-refractivity contribution < 1.29 is 13.4 Å². The molecule has 0 bridgehead atoms. The Labute approximate surface area is 303 Å². The number of carbonyl (C=O) groups is 1. The van der Waals surface area contributed by atoms with Crippen molar-refractivity contribution in [2.45, 2.75) is 63.5 Å². The number of carbonyl (C=O) groups excluding carboxylic acids is 1. The highest BCUT2D eigenvalue weighted by Gasteiger charge is 2.25. The Kier molecular flexibility index (Phi) is 14.0. The third kappa shape index (κ3) is 9.93. The first-order chi connectivity index (χ1) is 23.4. The molecule has 1 aliphatic rings. The lowest BCUT2D eigenvalue weighted by Crippen LogP contribution is -2.40. The van der Waals surface area contributed by atoms with Crippen LogP contribution in [0.25, 0.3) is 11.1 Å². The fraction of sp³-hybridized carbons (Fsp3) is 0.378. The van der Waals surface area contributed by atoms with Gasteiger partial charge in [-0.25, -0.2) is 4.39 Å². The molecule has 1 heterocycles. The molecule has 11 heteroatoms. The fourth-order valence-corrected chi connectivity index (χ4v) is 7.65. The molecule has 0 fully saturated rings. The second-order valence-corrected chi connectivity index (χ2v) is 14.2. The van der Waals surface area contributed by atoms with Crippen molar-refractivity contribution in [3.05, 3.63) is 117 Å². The second kappa shape index (κ2) is 18.3. The standard InChI is InChI=1S/C37H42FIN4O3S2/c1-3-41(4-2)21-22-42(24-28-10-16-31(17-11-28)30-14-8-27(9-15-30)20-23-46-48-39)35(44)25-43-34-7-5-6-33(34)36(45)40-37(43)47-26-29-12-18-32(38)19-13-29/h8-19H,3-7,20-26H2,1-2H3. The van der Waals surface area contributed by atoms with Crippen LogP contribution in [0, 0.1) is 5.82 Å². The van der Waals surface area contributed by atoms with Crippen molar-refractivity contribution in [1.82, 2.24) is 19.4 Å². The van der Waals surface area contributed by atoms with E-state index in [2.05, 4.69) is 93.5 Å². The summed E-state index contributed by atoms with van der Waals surface area (Å²) in [6.07, 6.45) is 3.18. The summed E-state index contributed by atoms with van der Waals surface area (Å²) < 4.78 is 20.8. The number of halogens is 2. The fourth-order valence-electron chi connectivity index (χ4n) is 5.99. The number of rotatable bonds is 17. The summed E-state index contributed by atoms with van der Waals surface area (Å²) >= 11 is 3.55. The molecular weight excluding hydrogens is 758 g/mol. The predicted octanol–water partition coefficient (Wildman–Crippen LogP) is 7.76. The van der Waals surface area contributed by atoms with Crippen molar-refractivity contribution in [3.8, 4) is 11.1 Å². The van der Waals surface area contributed by atoms with Crippen LogP contribution in [-0.2, 0) is 47.1 Å². The highest BCUT2D eigenvalue weighted by atomic mass is 127. The smallest absolute Gasteiger partial charge is 0.277 e. The molecule has 0 atom stereocenters. The Morgan fingerprint density at radius 2 is 1.56 bits per heavy atom. The first kappa shape index (κ1) is 36.6. The lowest BCUT2D eigenvalue weighted by atomic mass is 10.0. The van der Waals surface area contributed by atoms with E-state index in [4.69, 9.17) is 4.18 Å².